The molecule has 26 heavy (non-hydrogen) atoms. The maximum absolute atomic E-state index is 13.1. The van der Waals surface area contributed by atoms with Gasteiger partial charge in [-0.2, -0.15) is 0 Å². The van der Waals surface area contributed by atoms with Crippen molar-refractivity contribution >= 4 is 23.5 Å². The van der Waals surface area contributed by atoms with Crippen LogP contribution in [0.1, 0.15) is 24.2 Å². The van der Waals surface area contributed by atoms with Gasteiger partial charge in [0.25, 0.3) is 11.8 Å². The molecule has 0 spiro atoms. The maximum Gasteiger partial charge on any atom is 0.329 e. The van der Waals surface area contributed by atoms with Crippen molar-refractivity contribution in [2.24, 2.45) is 0 Å². The molecule has 0 heterocycles. The Morgan fingerprint density at radius 2 is 1.69 bits per heavy atom. The van der Waals surface area contributed by atoms with E-state index < -0.39 is 35.7 Å². The lowest BCUT2D eigenvalue weighted by molar-refractivity contribution is -0.154. The predicted octanol–water partition coefficient (Wildman–Crippen LogP) is 2.51. The molecule has 136 valence electrons. The molecule has 0 radical (unpaired) electrons. The molecule has 0 fully saturated rings. The SMILES string of the molecule is CC(OC(=O)[C@H](C)NC(=O)c1ccccc1)C(=O)Nc1cccc(F)c1. The van der Waals surface area contributed by atoms with E-state index in [2.05, 4.69) is 10.6 Å². The summed E-state index contributed by atoms with van der Waals surface area (Å²) in [5, 5.41) is 4.95. The first-order valence-corrected chi connectivity index (χ1v) is 7.99. The number of hydrogen-bond acceptors (Lipinski definition) is 4. The number of amides is 2. The standard InChI is InChI=1S/C19H19FN2O4/c1-12(21-18(24)14-7-4-3-5-8-14)19(25)26-13(2)17(23)22-16-10-6-9-15(20)11-16/h3-13H,1-2H3,(H,21,24)(H,22,23)/t12-,13?/m0/s1. The molecule has 2 amide bonds. The summed E-state index contributed by atoms with van der Waals surface area (Å²) in [6, 6.07) is 12.8. The van der Waals surface area contributed by atoms with Crippen LogP contribution in [0, 0.1) is 5.82 Å². The van der Waals surface area contributed by atoms with Crippen LogP contribution in [-0.4, -0.2) is 29.9 Å². The van der Waals surface area contributed by atoms with Crippen molar-refractivity contribution in [2.75, 3.05) is 5.32 Å². The molecule has 0 aliphatic heterocycles. The Balaban J connectivity index is 1.87. The number of hydrogen-bond donors (Lipinski definition) is 2. The average molecular weight is 358 g/mol. The second kappa shape index (κ2) is 8.75. The van der Waals surface area contributed by atoms with E-state index >= 15 is 0 Å². The Labute approximate surface area is 150 Å². The summed E-state index contributed by atoms with van der Waals surface area (Å²) in [4.78, 5) is 36.1. The second-order valence-corrected chi connectivity index (χ2v) is 5.64. The van der Waals surface area contributed by atoms with Crippen LogP contribution in [0.4, 0.5) is 10.1 Å². The van der Waals surface area contributed by atoms with Gasteiger partial charge >= 0.3 is 5.97 Å². The van der Waals surface area contributed by atoms with Gasteiger partial charge in [-0.1, -0.05) is 24.3 Å². The van der Waals surface area contributed by atoms with Crippen molar-refractivity contribution in [3.05, 3.63) is 66.0 Å². The van der Waals surface area contributed by atoms with E-state index in [1.54, 1.807) is 30.3 Å². The lowest BCUT2D eigenvalue weighted by atomic mass is 10.2. The van der Waals surface area contributed by atoms with Crippen molar-refractivity contribution < 1.29 is 23.5 Å². The van der Waals surface area contributed by atoms with E-state index in [0.29, 0.717) is 5.56 Å². The van der Waals surface area contributed by atoms with Gasteiger partial charge in [-0.3, -0.25) is 9.59 Å². The van der Waals surface area contributed by atoms with Crippen LogP contribution >= 0.6 is 0 Å². The molecule has 0 saturated heterocycles. The van der Waals surface area contributed by atoms with Gasteiger partial charge in [-0.25, -0.2) is 9.18 Å². The Bertz CT molecular complexity index is 795. The number of esters is 1. The summed E-state index contributed by atoms with van der Waals surface area (Å²) in [5.41, 5.74) is 0.660. The first-order chi connectivity index (χ1) is 12.4. The molecule has 0 aliphatic carbocycles. The number of ether oxygens (including phenoxy) is 1. The quantitative estimate of drug-likeness (QED) is 0.777. The molecule has 2 atom stereocenters. The van der Waals surface area contributed by atoms with Crippen molar-refractivity contribution in [3.63, 3.8) is 0 Å². The number of carbonyl (C=O) groups is 3. The Morgan fingerprint density at radius 1 is 1.00 bits per heavy atom. The van der Waals surface area contributed by atoms with Crippen LogP contribution in [0.5, 0.6) is 0 Å². The average Bonchev–Trinajstić information content (AvgIpc) is 2.62. The third kappa shape index (κ3) is 5.41. The van der Waals surface area contributed by atoms with Crippen LogP contribution in [0.15, 0.2) is 54.6 Å². The number of benzene rings is 2. The van der Waals surface area contributed by atoms with Crippen molar-refractivity contribution in [1.82, 2.24) is 5.32 Å². The zero-order chi connectivity index (χ0) is 19.1. The monoisotopic (exact) mass is 358 g/mol. The van der Waals surface area contributed by atoms with Crippen molar-refractivity contribution in [2.45, 2.75) is 26.0 Å². The number of carbonyl (C=O) groups excluding carboxylic acids is 3. The third-order valence-corrected chi connectivity index (χ3v) is 3.49. The Kier molecular flexibility index (Phi) is 6.43. The minimum Gasteiger partial charge on any atom is -0.451 e. The summed E-state index contributed by atoms with van der Waals surface area (Å²) in [6.45, 7) is 2.85. The molecule has 2 aromatic rings. The Hall–Kier alpha value is -3.22. The number of nitrogens with one attached hydrogen (secondary N) is 2. The molecule has 1 unspecified atom stereocenters. The predicted molar refractivity (Wildman–Crippen MR) is 94.0 cm³/mol. The molecule has 2 aromatic carbocycles. The van der Waals surface area contributed by atoms with Gasteiger partial charge in [0.1, 0.15) is 11.9 Å². The lowest BCUT2D eigenvalue weighted by Gasteiger charge is -2.17. The fraction of sp³-hybridized carbons (Fsp3) is 0.211. The smallest absolute Gasteiger partial charge is 0.329 e. The largest absolute Gasteiger partial charge is 0.451 e. The van der Waals surface area contributed by atoms with Crippen molar-refractivity contribution in [3.8, 4) is 0 Å². The topological polar surface area (TPSA) is 84.5 Å². The first kappa shape index (κ1) is 19.1. The van der Waals surface area contributed by atoms with Crippen LogP contribution in [0.3, 0.4) is 0 Å². The fourth-order valence-corrected chi connectivity index (χ4v) is 2.07. The highest BCUT2D eigenvalue weighted by Gasteiger charge is 2.23. The van der Waals surface area contributed by atoms with Crippen molar-refractivity contribution in [1.29, 1.82) is 0 Å². The molecule has 2 N–H and O–H groups in total. The number of halogens is 1. The first-order valence-electron chi connectivity index (χ1n) is 7.99. The third-order valence-electron chi connectivity index (χ3n) is 3.49. The molecule has 0 saturated carbocycles. The zero-order valence-corrected chi connectivity index (χ0v) is 14.4. The van der Waals surface area contributed by atoms with Gasteiger partial charge in [0.15, 0.2) is 6.10 Å². The van der Waals surface area contributed by atoms with Gasteiger partial charge in [0, 0.05) is 11.3 Å². The van der Waals surface area contributed by atoms with E-state index in [0.717, 1.165) is 6.07 Å². The van der Waals surface area contributed by atoms with Gasteiger partial charge in [-0.15, -0.1) is 0 Å². The minimum atomic E-state index is -1.11. The van der Waals surface area contributed by atoms with Gasteiger partial charge < -0.3 is 15.4 Å². The summed E-state index contributed by atoms with van der Waals surface area (Å²) in [6.07, 6.45) is -1.11. The van der Waals surface area contributed by atoms with E-state index in [1.165, 1.54) is 32.0 Å². The molecule has 6 nitrogen and oxygen atoms in total. The number of rotatable bonds is 6. The van der Waals surface area contributed by atoms with Gasteiger partial charge in [0.05, 0.1) is 0 Å². The van der Waals surface area contributed by atoms with Crippen LogP contribution in [0.25, 0.3) is 0 Å². The Morgan fingerprint density at radius 3 is 2.35 bits per heavy atom. The van der Waals surface area contributed by atoms with Crippen LogP contribution < -0.4 is 10.6 Å². The van der Waals surface area contributed by atoms with E-state index in [9.17, 15) is 18.8 Å². The normalized spacial score (nSPS) is 12.6. The van der Waals surface area contributed by atoms with E-state index in [4.69, 9.17) is 4.74 Å². The van der Waals surface area contributed by atoms with E-state index in [1.807, 2.05) is 0 Å². The molecular weight excluding hydrogens is 339 g/mol. The summed E-state index contributed by atoms with van der Waals surface area (Å²) in [7, 11) is 0. The molecule has 2 rings (SSSR count). The summed E-state index contributed by atoms with van der Waals surface area (Å²) in [5.74, 6) is -2.28. The maximum atomic E-state index is 13.1. The lowest BCUT2D eigenvalue weighted by Crippen LogP contribution is -2.42. The summed E-state index contributed by atoms with van der Waals surface area (Å²) >= 11 is 0. The molecule has 7 heteroatoms. The highest BCUT2D eigenvalue weighted by Crippen LogP contribution is 2.10. The van der Waals surface area contributed by atoms with E-state index in [-0.39, 0.29) is 5.69 Å². The molecule has 0 aliphatic rings. The fourth-order valence-electron chi connectivity index (χ4n) is 2.07. The zero-order valence-electron chi connectivity index (χ0n) is 14.4. The van der Waals surface area contributed by atoms with Gasteiger partial charge in [0.2, 0.25) is 0 Å². The molecular formula is C19H19FN2O4. The van der Waals surface area contributed by atoms with Crippen LogP contribution in [0.2, 0.25) is 0 Å². The molecule has 0 aromatic heterocycles. The van der Waals surface area contributed by atoms with Crippen LogP contribution in [-0.2, 0) is 14.3 Å². The highest BCUT2D eigenvalue weighted by atomic mass is 19.1. The van der Waals surface area contributed by atoms with Gasteiger partial charge in [-0.05, 0) is 44.2 Å². The summed E-state index contributed by atoms with van der Waals surface area (Å²) < 4.78 is 18.2. The second-order valence-electron chi connectivity index (χ2n) is 5.64. The highest BCUT2D eigenvalue weighted by molar-refractivity contribution is 5.98. The number of anilines is 1. The molecule has 0 bridgehead atoms. The minimum absolute atomic E-state index is 0.253.